The summed E-state index contributed by atoms with van der Waals surface area (Å²) in [4.78, 5) is 129. The average molecular weight is 703 g/mol. The van der Waals surface area contributed by atoms with E-state index in [1.54, 1.807) is 0 Å². The van der Waals surface area contributed by atoms with Crippen molar-refractivity contribution in [2.24, 2.45) is 0 Å². The summed E-state index contributed by atoms with van der Waals surface area (Å²) >= 11 is 0. The van der Waals surface area contributed by atoms with E-state index in [0.717, 1.165) is 0 Å². The second kappa shape index (κ2) is 21.8. The Bertz CT molecular complexity index is 1230. The zero-order valence-corrected chi connectivity index (χ0v) is 28.0. The van der Waals surface area contributed by atoms with Crippen LogP contribution in [-0.2, 0) is 81.2 Å². The van der Waals surface area contributed by atoms with E-state index >= 15 is 0 Å². The van der Waals surface area contributed by atoms with Crippen molar-refractivity contribution in [3.8, 4) is 0 Å². The first-order valence-corrected chi connectivity index (χ1v) is 15.6. The number of rotatable bonds is 22. The largest absolute Gasteiger partial charge is 0.460 e. The van der Waals surface area contributed by atoms with Gasteiger partial charge < -0.3 is 38.6 Å². The highest BCUT2D eigenvalue weighted by atomic mass is 16.7. The maximum Gasteiger partial charge on any atom is 0.377 e. The Hall–Kier alpha value is -4.94. The fraction of sp³-hybridized carbons (Fsp3) is 0.667. The van der Waals surface area contributed by atoms with Crippen LogP contribution in [0.5, 0.6) is 0 Å². The Morgan fingerprint density at radius 3 is 1.57 bits per heavy atom. The van der Waals surface area contributed by atoms with Crippen molar-refractivity contribution >= 4 is 59.3 Å². The lowest BCUT2D eigenvalue weighted by atomic mass is 10.0. The van der Waals surface area contributed by atoms with E-state index in [2.05, 4.69) is 5.32 Å². The molecule has 19 heteroatoms. The molecule has 4 atom stereocenters. The van der Waals surface area contributed by atoms with E-state index in [4.69, 9.17) is 33.3 Å². The van der Waals surface area contributed by atoms with E-state index in [9.17, 15) is 47.9 Å². The first-order chi connectivity index (χ1) is 23.2. The van der Waals surface area contributed by atoms with Crippen molar-refractivity contribution in [3.05, 3.63) is 0 Å². The summed E-state index contributed by atoms with van der Waals surface area (Å²) in [7, 11) is 1.34. The standard InChI is InChI=1S/C30H42N2O17/c1-6-20(36)45-24(26(47-22(38)8-3)29(41)44-16-15-43-5)17(33)11-10-14-31-28(40)25(46-21(37)7-2)27(48-23(39)9-4)30(42)49-32-18(34)12-13-19(32)35/h24-27H,6-16H2,1-5H3,(H,31,40)/t24-,25+,26+,27+/m0/s1. The van der Waals surface area contributed by atoms with Crippen LogP contribution in [0.2, 0.25) is 0 Å². The van der Waals surface area contributed by atoms with Crippen molar-refractivity contribution in [1.29, 1.82) is 0 Å². The molecule has 1 N–H and O–H groups in total. The van der Waals surface area contributed by atoms with Crippen LogP contribution in [0.15, 0.2) is 0 Å². The van der Waals surface area contributed by atoms with Gasteiger partial charge in [0.15, 0.2) is 5.78 Å². The number of ketones is 1. The summed E-state index contributed by atoms with van der Waals surface area (Å²) in [5, 5.41) is 2.46. The minimum atomic E-state index is -2.25. The summed E-state index contributed by atoms with van der Waals surface area (Å²) < 4.78 is 30.1. The number of ether oxygens (including phenoxy) is 6. The Labute approximate surface area is 281 Å². The number of imide groups is 1. The predicted octanol–water partition coefficient (Wildman–Crippen LogP) is -0.464. The first kappa shape index (κ1) is 42.1. The number of carbonyl (C=O) groups excluding carboxylic acids is 10. The van der Waals surface area contributed by atoms with Gasteiger partial charge in [0.05, 0.1) is 6.61 Å². The van der Waals surface area contributed by atoms with Crippen LogP contribution >= 0.6 is 0 Å². The number of nitrogens with zero attached hydrogens (tertiary/aromatic N) is 1. The molecule has 1 fully saturated rings. The molecule has 49 heavy (non-hydrogen) atoms. The van der Waals surface area contributed by atoms with Crippen LogP contribution in [-0.4, -0.2) is 116 Å². The molecule has 3 amide bonds. The van der Waals surface area contributed by atoms with E-state index in [0.29, 0.717) is 0 Å². The van der Waals surface area contributed by atoms with Gasteiger partial charge in [-0.3, -0.25) is 38.4 Å². The molecule has 274 valence electrons. The molecule has 1 heterocycles. The van der Waals surface area contributed by atoms with E-state index in [1.807, 2.05) is 0 Å². The molecule has 0 spiro atoms. The number of amides is 3. The smallest absolute Gasteiger partial charge is 0.377 e. The second-order valence-electron chi connectivity index (χ2n) is 10.1. The molecule has 0 unspecified atom stereocenters. The SMILES string of the molecule is CCC(=O)O[C@@H](C(=O)CCCNC(=O)[C@H](OC(=O)CC)[C@@H](OC(=O)CC)C(=O)ON1C(=O)CCC1=O)[C@@H](OC(=O)CC)C(=O)OCCOC. The van der Waals surface area contributed by atoms with Crippen LogP contribution < -0.4 is 5.32 Å². The lowest BCUT2D eigenvalue weighted by molar-refractivity contribution is -0.212. The summed E-state index contributed by atoms with van der Waals surface area (Å²) in [5.74, 6) is -10.4. The summed E-state index contributed by atoms with van der Waals surface area (Å²) in [6.45, 7) is 4.94. The highest BCUT2D eigenvalue weighted by molar-refractivity contribution is 6.02. The molecule has 0 bridgehead atoms. The number of esters is 5. The van der Waals surface area contributed by atoms with E-state index < -0.39 is 90.2 Å². The van der Waals surface area contributed by atoms with Crippen molar-refractivity contribution in [1.82, 2.24) is 10.4 Å². The number of nitrogens with one attached hydrogen (secondary N) is 1. The van der Waals surface area contributed by atoms with Crippen LogP contribution in [0.3, 0.4) is 0 Å². The van der Waals surface area contributed by atoms with E-state index in [-0.39, 0.29) is 69.8 Å². The average Bonchev–Trinajstić information content (AvgIpc) is 3.40. The minimum Gasteiger partial charge on any atom is -0.460 e. The molecule has 0 aromatic rings. The van der Waals surface area contributed by atoms with Crippen molar-refractivity contribution in [2.75, 3.05) is 26.9 Å². The number of hydrogen-bond donors (Lipinski definition) is 1. The predicted molar refractivity (Wildman–Crippen MR) is 158 cm³/mol. The first-order valence-electron chi connectivity index (χ1n) is 15.6. The van der Waals surface area contributed by atoms with Gasteiger partial charge in [0.1, 0.15) is 6.61 Å². The molecule has 19 nitrogen and oxygen atoms in total. The van der Waals surface area contributed by atoms with Crippen molar-refractivity contribution in [3.63, 3.8) is 0 Å². The normalized spacial score (nSPS) is 14.8. The Morgan fingerprint density at radius 1 is 0.653 bits per heavy atom. The molecule has 1 rings (SSSR count). The maximum atomic E-state index is 13.2. The quantitative estimate of drug-likeness (QED) is 0.0648. The third-order valence-electron chi connectivity index (χ3n) is 6.40. The van der Waals surface area contributed by atoms with Gasteiger partial charge in [0.25, 0.3) is 17.7 Å². The summed E-state index contributed by atoms with van der Waals surface area (Å²) in [5.41, 5.74) is 0. The molecule has 1 aliphatic rings. The van der Waals surface area contributed by atoms with Gasteiger partial charge >= 0.3 is 35.8 Å². The molecule has 0 aliphatic carbocycles. The minimum absolute atomic E-state index is 0.0213. The Balaban J connectivity index is 3.16. The molecule has 1 saturated heterocycles. The topological polar surface area (TPSA) is 251 Å². The van der Waals surface area contributed by atoms with Crippen molar-refractivity contribution < 1.29 is 81.2 Å². The molecular weight excluding hydrogens is 660 g/mol. The monoisotopic (exact) mass is 702 g/mol. The maximum absolute atomic E-state index is 13.2. The van der Waals surface area contributed by atoms with E-state index in [1.165, 1.54) is 34.8 Å². The third-order valence-corrected chi connectivity index (χ3v) is 6.40. The lowest BCUT2D eigenvalue weighted by Gasteiger charge is -2.26. The van der Waals surface area contributed by atoms with Gasteiger partial charge in [-0.2, -0.15) is 0 Å². The summed E-state index contributed by atoms with van der Waals surface area (Å²) in [6.07, 6.45) is -10.4. The highest BCUT2D eigenvalue weighted by Gasteiger charge is 2.45. The van der Waals surface area contributed by atoms with Gasteiger partial charge in [0.2, 0.25) is 24.4 Å². The highest BCUT2D eigenvalue weighted by Crippen LogP contribution is 2.17. The van der Waals surface area contributed by atoms with Crippen LogP contribution in [0.1, 0.15) is 79.1 Å². The Kier molecular flexibility index (Phi) is 18.8. The molecular formula is C30H42N2O17. The van der Waals surface area contributed by atoms with Gasteiger partial charge in [-0.15, -0.1) is 5.06 Å². The second-order valence-corrected chi connectivity index (χ2v) is 10.1. The number of carbonyl (C=O) groups is 10. The number of hydrogen-bond acceptors (Lipinski definition) is 17. The molecule has 0 radical (unpaired) electrons. The number of methoxy groups -OCH3 is 1. The van der Waals surface area contributed by atoms with Gasteiger partial charge in [-0.25, -0.2) is 9.59 Å². The fourth-order valence-corrected chi connectivity index (χ4v) is 3.74. The van der Waals surface area contributed by atoms with Gasteiger partial charge in [-0.1, -0.05) is 27.7 Å². The van der Waals surface area contributed by atoms with Crippen LogP contribution in [0.25, 0.3) is 0 Å². The van der Waals surface area contributed by atoms with Crippen molar-refractivity contribution in [2.45, 2.75) is 103 Å². The molecule has 0 aromatic carbocycles. The number of Topliss-reactive ketones (excluding diaryl/α,β-unsaturated/α-hetero) is 1. The van der Waals surface area contributed by atoms with Crippen LogP contribution in [0, 0.1) is 0 Å². The van der Waals surface area contributed by atoms with Gasteiger partial charge in [-0.05, 0) is 6.42 Å². The summed E-state index contributed by atoms with van der Waals surface area (Å²) in [6, 6.07) is 0. The lowest BCUT2D eigenvalue weighted by Crippen LogP contribution is -2.52. The van der Waals surface area contributed by atoms with Crippen LogP contribution in [0.4, 0.5) is 0 Å². The zero-order valence-electron chi connectivity index (χ0n) is 28.0. The number of hydroxylamine groups is 2. The Morgan fingerprint density at radius 2 is 1.10 bits per heavy atom. The molecule has 0 aromatic heterocycles. The molecule has 0 saturated carbocycles. The fourth-order valence-electron chi connectivity index (χ4n) is 3.74. The third kappa shape index (κ3) is 14.0. The van der Waals surface area contributed by atoms with Gasteiger partial charge in [0, 0.05) is 58.6 Å². The molecule has 1 aliphatic heterocycles. The zero-order chi connectivity index (χ0) is 37.1.